The van der Waals surface area contributed by atoms with Gasteiger partial charge in [-0.3, -0.25) is 9.36 Å². The molecule has 1 atom stereocenters. The van der Waals surface area contributed by atoms with Gasteiger partial charge in [0, 0.05) is 6.54 Å². The van der Waals surface area contributed by atoms with Crippen LogP contribution in [-0.2, 0) is 11.3 Å². The molecule has 1 aromatic heterocycles. The minimum absolute atomic E-state index is 0.104. The van der Waals surface area contributed by atoms with Crippen LogP contribution in [0.15, 0.2) is 33.5 Å². The molecule has 0 spiro atoms. The molecule has 0 aliphatic heterocycles. The Morgan fingerprint density at radius 3 is 2.85 bits per heavy atom. The average molecular weight is 280 g/mol. The zero-order valence-electron chi connectivity index (χ0n) is 11.0. The molecule has 1 amide bonds. The lowest BCUT2D eigenvalue weighted by molar-refractivity contribution is -0.123. The Bertz CT molecular complexity index is 671. The first-order chi connectivity index (χ1) is 9.43. The summed E-state index contributed by atoms with van der Waals surface area (Å²) in [4.78, 5) is 23.4. The number of benzene rings is 1. The van der Waals surface area contributed by atoms with Crippen LogP contribution in [0.2, 0.25) is 0 Å². The van der Waals surface area contributed by atoms with Crippen LogP contribution in [0.4, 0.5) is 0 Å². The summed E-state index contributed by atoms with van der Waals surface area (Å²) in [6, 6.07) is 6.79. The van der Waals surface area contributed by atoms with Gasteiger partial charge in [-0.15, -0.1) is 0 Å². The normalized spacial score (nSPS) is 14.2. The number of hydrogen-bond donors (Lipinski definition) is 3. The Kier molecular flexibility index (Phi) is 3.91. The summed E-state index contributed by atoms with van der Waals surface area (Å²) in [6.07, 6.45) is 0. The van der Waals surface area contributed by atoms with Gasteiger partial charge in [0.05, 0.1) is 12.1 Å². The third-order valence-electron chi connectivity index (χ3n) is 2.88. The van der Waals surface area contributed by atoms with Crippen molar-refractivity contribution < 1.29 is 19.4 Å². The first-order valence-corrected chi connectivity index (χ1v) is 6.11. The van der Waals surface area contributed by atoms with E-state index in [1.165, 1.54) is 11.5 Å². The molecule has 7 nitrogen and oxygen atoms in total. The van der Waals surface area contributed by atoms with Crippen LogP contribution in [0.3, 0.4) is 0 Å². The predicted molar refractivity (Wildman–Crippen MR) is 71.2 cm³/mol. The van der Waals surface area contributed by atoms with E-state index in [4.69, 9.17) is 9.52 Å². The summed E-state index contributed by atoms with van der Waals surface area (Å²) in [7, 11) is 0. The first-order valence-electron chi connectivity index (χ1n) is 6.11. The Labute approximate surface area is 114 Å². The molecular formula is C13H16N2O5. The van der Waals surface area contributed by atoms with Gasteiger partial charge in [-0.1, -0.05) is 12.1 Å². The minimum Gasteiger partial charge on any atom is -0.408 e. The molecule has 2 aromatic rings. The molecule has 0 saturated heterocycles. The van der Waals surface area contributed by atoms with Gasteiger partial charge >= 0.3 is 5.76 Å². The highest BCUT2D eigenvalue weighted by atomic mass is 16.4. The van der Waals surface area contributed by atoms with Gasteiger partial charge in [0.1, 0.15) is 12.1 Å². The SMILES string of the molecule is CC(O)(CO)CNC(=O)Cn1c(=O)oc2ccccc21. The van der Waals surface area contributed by atoms with Crippen LogP contribution in [0.5, 0.6) is 0 Å². The van der Waals surface area contributed by atoms with Crippen LogP contribution in [0.25, 0.3) is 11.1 Å². The molecule has 0 saturated carbocycles. The van der Waals surface area contributed by atoms with Gasteiger partial charge in [0.25, 0.3) is 0 Å². The second-order valence-electron chi connectivity index (χ2n) is 4.85. The topological polar surface area (TPSA) is 105 Å². The van der Waals surface area contributed by atoms with E-state index in [-0.39, 0.29) is 13.1 Å². The molecule has 1 unspecified atom stereocenters. The molecular weight excluding hydrogens is 264 g/mol. The quantitative estimate of drug-likeness (QED) is 0.682. The number of nitrogens with one attached hydrogen (secondary N) is 1. The maximum Gasteiger partial charge on any atom is 0.420 e. The van der Waals surface area contributed by atoms with E-state index in [2.05, 4.69) is 5.32 Å². The van der Waals surface area contributed by atoms with E-state index < -0.39 is 23.9 Å². The summed E-state index contributed by atoms with van der Waals surface area (Å²) in [5.41, 5.74) is -0.451. The van der Waals surface area contributed by atoms with Gasteiger partial charge in [-0.2, -0.15) is 0 Å². The predicted octanol–water partition coefficient (Wildman–Crippen LogP) is -0.546. The molecule has 0 fully saturated rings. The Morgan fingerprint density at radius 1 is 1.45 bits per heavy atom. The van der Waals surface area contributed by atoms with Gasteiger partial charge in [-0.25, -0.2) is 4.79 Å². The molecule has 20 heavy (non-hydrogen) atoms. The molecule has 0 aliphatic rings. The van der Waals surface area contributed by atoms with E-state index in [1.807, 2.05) is 0 Å². The number of carbonyl (C=O) groups excluding carboxylic acids is 1. The van der Waals surface area contributed by atoms with Crippen molar-refractivity contribution in [2.75, 3.05) is 13.2 Å². The summed E-state index contributed by atoms with van der Waals surface area (Å²) in [5, 5.41) is 20.9. The van der Waals surface area contributed by atoms with E-state index in [0.29, 0.717) is 11.1 Å². The number of carbonyl (C=O) groups is 1. The van der Waals surface area contributed by atoms with Crippen molar-refractivity contribution in [3.05, 3.63) is 34.8 Å². The van der Waals surface area contributed by atoms with Crippen molar-refractivity contribution in [2.45, 2.75) is 19.1 Å². The lowest BCUT2D eigenvalue weighted by atomic mass is 10.1. The van der Waals surface area contributed by atoms with Crippen molar-refractivity contribution in [1.82, 2.24) is 9.88 Å². The number of hydrogen-bond acceptors (Lipinski definition) is 5. The van der Waals surface area contributed by atoms with E-state index in [1.54, 1.807) is 24.3 Å². The molecule has 0 bridgehead atoms. The number of rotatable bonds is 5. The number of nitrogens with zero attached hydrogens (tertiary/aromatic N) is 1. The molecule has 0 radical (unpaired) electrons. The fourth-order valence-electron chi connectivity index (χ4n) is 1.71. The number of fused-ring (bicyclic) bond motifs is 1. The zero-order chi connectivity index (χ0) is 14.8. The Hall–Kier alpha value is -2.12. The summed E-state index contributed by atoms with van der Waals surface area (Å²) >= 11 is 0. The highest BCUT2D eigenvalue weighted by Crippen LogP contribution is 2.11. The molecule has 3 N–H and O–H groups in total. The van der Waals surface area contributed by atoms with Crippen LogP contribution in [-0.4, -0.2) is 39.4 Å². The largest absolute Gasteiger partial charge is 0.420 e. The maximum absolute atomic E-state index is 11.8. The Balaban J connectivity index is 2.11. The van der Waals surface area contributed by atoms with Crippen molar-refractivity contribution >= 4 is 17.0 Å². The lowest BCUT2D eigenvalue weighted by Gasteiger charge is -2.20. The standard InChI is InChI=1S/C13H16N2O5/c1-13(19,8-16)7-14-11(17)6-15-9-4-2-3-5-10(9)20-12(15)18/h2-5,16,19H,6-8H2,1H3,(H,14,17). The summed E-state index contributed by atoms with van der Waals surface area (Å²) in [6.45, 7) is 0.610. The van der Waals surface area contributed by atoms with Crippen molar-refractivity contribution in [1.29, 1.82) is 0 Å². The number of amides is 1. The number of aliphatic hydroxyl groups is 2. The van der Waals surface area contributed by atoms with Crippen LogP contribution in [0.1, 0.15) is 6.92 Å². The summed E-state index contributed by atoms with van der Waals surface area (Å²) in [5.74, 6) is -1.07. The van der Waals surface area contributed by atoms with Gasteiger partial charge in [-0.05, 0) is 19.1 Å². The fraction of sp³-hybridized carbons (Fsp3) is 0.385. The van der Waals surface area contributed by atoms with Crippen LogP contribution < -0.4 is 11.1 Å². The van der Waals surface area contributed by atoms with Gasteiger partial charge in [0.2, 0.25) is 5.91 Å². The number of oxazole rings is 1. The molecule has 7 heteroatoms. The third-order valence-corrected chi connectivity index (χ3v) is 2.88. The van der Waals surface area contributed by atoms with Crippen LogP contribution in [0, 0.1) is 0 Å². The second-order valence-corrected chi connectivity index (χ2v) is 4.85. The minimum atomic E-state index is -1.39. The Morgan fingerprint density at radius 2 is 2.15 bits per heavy atom. The smallest absolute Gasteiger partial charge is 0.408 e. The molecule has 0 aliphatic carbocycles. The van der Waals surface area contributed by atoms with E-state index in [9.17, 15) is 14.7 Å². The zero-order valence-corrected chi connectivity index (χ0v) is 11.0. The average Bonchev–Trinajstić information content (AvgIpc) is 2.73. The van der Waals surface area contributed by atoms with Crippen LogP contribution >= 0.6 is 0 Å². The summed E-state index contributed by atoms with van der Waals surface area (Å²) < 4.78 is 6.21. The molecule has 1 aromatic carbocycles. The van der Waals surface area contributed by atoms with Gasteiger partial charge in [0.15, 0.2) is 5.58 Å². The molecule has 2 rings (SSSR count). The maximum atomic E-state index is 11.8. The van der Waals surface area contributed by atoms with Gasteiger partial charge < -0.3 is 19.9 Å². The highest BCUT2D eigenvalue weighted by molar-refractivity contribution is 5.79. The van der Waals surface area contributed by atoms with E-state index in [0.717, 1.165) is 0 Å². The van der Waals surface area contributed by atoms with Crippen molar-refractivity contribution in [3.63, 3.8) is 0 Å². The molecule has 1 heterocycles. The number of aromatic nitrogens is 1. The second kappa shape index (κ2) is 5.48. The monoisotopic (exact) mass is 280 g/mol. The van der Waals surface area contributed by atoms with Crippen molar-refractivity contribution in [2.24, 2.45) is 0 Å². The number of aliphatic hydroxyl groups excluding tert-OH is 1. The fourth-order valence-corrected chi connectivity index (χ4v) is 1.71. The number of para-hydroxylation sites is 2. The lowest BCUT2D eigenvalue weighted by Crippen LogP contribution is -2.44. The first kappa shape index (κ1) is 14.3. The van der Waals surface area contributed by atoms with Crippen molar-refractivity contribution in [3.8, 4) is 0 Å². The third kappa shape index (κ3) is 3.06. The highest BCUT2D eigenvalue weighted by Gasteiger charge is 2.20. The van der Waals surface area contributed by atoms with E-state index >= 15 is 0 Å². The molecule has 108 valence electrons.